The predicted molar refractivity (Wildman–Crippen MR) is 109 cm³/mol. The summed E-state index contributed by atoms with van der Waals surface area (Å²) < 4.78 is 23.8. The first kappa shape index (κ1) is 20.1. The maximum Gasteiger partial charge on any atom is 0.173 e. The van der Waals surface area contributed by atoms with Crippen LogP contribution in [0.25, 0.3) is 0 Å². The fraction of sp³-hybridized carbons (Fsp3) is 0.611. The fourth-order valence-corrected chi connectivity index (χ4v) is 5.13. The largest absolute Gasteiger partial charge is 0.345 e. The molecule has 7 heteroatoms. The third kappa shape index (κ3) is 5.94. The molecule has 0 aliphatic carbocycles. The molecule has 1 aromatic carbocycles. The molecular weight excluding hydrogens is 354 g/mol. The number of rotatable bonds is 6. The highest BCUT2D eigenvalue weighted by atomic mass is 32.2. The number of hydrogen-bond donors (Lipinski definition) is 1. The molecule has 0 bridgehead atoms. The zero-order chi connectivity index (χ0) is 18.6. The lowest BCUT2D eigenvalue weighted by Gasteiger charge is -2.31. The van der Waals surface area contributed by atoms with Crippen molar-refractivity contribution in [2.24, 2.45) is 0 Å². The van der Waals surface area contributed by atoms with Crippen molar-refractivity contribution in [3.63, 3.8) is 0 Å². The Bertz CT molecular complexity index is 717. The first-order chi connectivity index (χ1) is 11.7. The molecule has 1 aliphatic heterocycles. The summed E-state index contributed by atoms with van der Waals surface area (Å²) in [4.78, 5) is 4.20. The minimum Gasteiger partial charge on any atom is -0.345 e. The van der Waals surface area contributed by atoms with Crippen molar-refractivity contribution < 1.29 is 8.42 Å². The molecule has 0 spiro atoms. The quantitative estimate of drug-likeness (QED) is 0.762. The molecular formula is C18H29N3O2S2. The van der Waals surface area contributed by atoms with E-state index in [1.54, 1.807) is 0 Å². The molecule has 0 radical (unpaired) electrons. The van der Waals surface area contributed by atoms with Gasteiger partial charge < -0.3 is 15.1 Å². The Hall–Kier alpha value is -1.18. The standard InChI is InChI=1S/C18H29N3O2S2/c1-14-6-7-16(12-15(14)2)19-18(24)21(10-5-9-20(3)4)17-8-11-25(22,23)13-17/h6-7,12,17H,5,8-11,13H2,1-4H3,(H,19,24)/t17-/m0/s1. The summed E-state index contributed by atoms with van der Waals surface area (Å²) in [5.41, 5.74) is 3.39. The average molecular weight is 384 g/mol. The maximum atomic E-state index is 11.9. The molecule has 1 N–H and O–H groups in total. The Morgan fingerprint density at radius 1 is 1.24 bits per heavy atom. The molecule has 1 fully saturated rings. The summed E-state index contributed by atoms with van der Waals surface area (Å²) in [5, 5.41) is 3.92. The zero-order valence-corrected chi connectivity index (χ0v) is 17.2. The van der Waals surface area contributed by atoms with Gasteiger partial charge in [-0.3, -0.25) is 0 Å². The zero-order valence-electron chi connectivity index (χ0n) is 15.6. The molecule has 0 saturated carbocycles. The van der Waals surface area contributed by atoms with Crippen LogP contribution in [-0.2, 0) is 9.84 Å². The van der Waals surface area contributed by atoms with Crippen LogP contribution < -0.4 is 5.32 Å². The van der Waals surface area contributed by atoms with Crippen LogP contribution in [0.15, 0.2) is 18.2 Å². The molecule has 1 aliphatic rings. The first-order valence-corrected chi connectivity index (χ1v) is 10.9. The van der Waals surface area contributed by atoms with Gasteiger partial charge in [-0.1, -0.05) is 6.07 Å². The van der Waals surface area contributed by atoms with Crippen molar-refractivity contribution in [3.8, 4) is 0 Å². The molecule has 0 aromatic heterocycles. The lowest BCUT2D eigenvalue weighted by atomic mass is 10.1. The van der Waals surface area contributed by atoms with E-state index in [0.29, 0.717) is 11.5 Å². The molecule has 2 rings (SSSR count). The van der Waals surface area contributed by atoms with Crippen LogP contribution in [0.4, 0.5) is 5.69 Å². The topological polar surface area (TPSA) is 52.6 Å². The van der Waals surface area contributed by atoms with Gasteiger partial charge in [-0.15, -0.1) is 0 Å². The smallest absolute Gasteiger partial charge is 0.173 e. The number of nitrogens with zero attached hydrogens (tertiary/aromatic N) is 2. The molecule has 1 atom stereocenters. The minimum absolute atomic E-state index is 0.0290. The summed E-state index contributed by atoms with van der Waals surface area (Å²) in [6.45, 7) is 5.85. The summed E-state index contributed by atoms with van der Waals surface area (Å²) in [7, 11) is 1.14. The first-order valence-electron chi connectivity index (χ1n) is 8.68. The van der Waals surface area contributed by atoms with Gasteiger partial charge in [0.1, 0.15) is 0 Å². The van der Waals surface area contributed by atoms with Crippen LogP contribution in [0.2, 0.25) is 0 Å². The van der Waals surface area contributed by atoms with Crippen molar-refractivity contribution in [3.05, 3.63) is 29.3 Å². The second kappa shape index (κ2) is 8.47. The Kier molecular flexibility index (Phi) is 6.82. The van der Waals surface area contributed by atoms with Crippen molar-refractivity contribution in [1.82, 2.24) is 9.80 Å². The van der Waals surface area contributed by atoms with Crippen molar-refractivity contribution in [2.75, 3.05) is 44.0 Å². The van der Waals surface area contributed by atoms with Crippen molar-refractivity contribution in [2.45, 2.75) is 32.7 Å². The number of hydrogen-bond acceptors (Lipinski definition) is 4. The molecule has 1 heterocycles. The Balaban J connectivity index is 2.09. The van der Waals surface area contributed by atoms with Crippen LogP contribution in [0.3, 0.4) is 0 Å². The molecule has 5 nitrogen and oxygen atoms in total. The van der Waals surface area contributed by atoms with E-state index in [1.165, 1.54) is 11.1 Å². The second-order valence-corrected chi connectivity index (χ2v) is 9.75. The summed E-state index contributed by atoms with van der Waals surface area (Å²) in [5.74, 6) is 0.456. The third-order valence-electron chi connectivity index (χ3n) is 4.67. The van der Waals surface area contributed by atoms with E-state index >= 15 is 0 Å². The SMILES string of the molecule is Cc1ccc(NC(=S)N(CCCN(C)C)[C@H]2CCS(=O)(=O)C2)cc1C. The van der Waals surface area contributed by atoms with Gasteiger partial charge >= 0.3 is 0 Å². The van der Waals surface area contributed by atoms with E-state index in [1.807, 2.05) is 20.2 Å². The minimum atomic E-state index is -2.94. The van der Waals surface area contributed by atoms with Crippen LogP contribution in [0.1, 0.15) is 24.0 Å². The molecule has 0 unspecified atom stereocenters. The van der Waals surface area contributed by atoms with Crippen LogP contribution >= 0.6 is 12.2 Å². The second-order valence-electron chi connectivity index (χ2n) is 7.14. The van der Waals surface area contributed by atoms with Crippen molar-refractivity contribution in [1.29, 1.82) is 0 Å². The molecule has 140 valence electrons. The van der Waals surface area contributed by atoms with Gasteiger partial charge in [-0.2, -0.15) is 0 Å². The summed E-state index contributed by atoms with van der Waals surface area (Å²) in [6, 6.07) is 6.12. The Morgan fingerprint density at radius 2 is 1.96 bits per heavy atom. The number of benzene rings is 1. The van der Waals surface area contributed by atoms with E-state index in [4.69, 9.17) is 12.2 Å². The van der Waals surface area contributed by atoms with Crippen LogP contribution in [0, 0.1) is 13.8 Å². The van der Waals surface area contributed by atoms with Crippen LogP contribution in [0.5, 0.6) is 0 Å². The summed E-state index contributed by atoms with van der Waals surface area (Å²) >= 11 is 5.63. The Morgan fingerprint density at radius 3 is 2.52 bits per heavy atom. The average Bonchev–Trinajstić information content (AvgIpc) is 2.87. The highest BCUT2D eigenvalue weighted by Crippen LogP contribution is 2.21. The molecule has 1 aromatic rings. The number of sulfone groups is 1. The maximum absolute atomic E-state index is 11.9. The number of anilines is 1. The van der Waals surface area contributed by atoms with Gasteiger partial charge in [0.25, 0.3) is 0 Å². The lowest BCUT2D eigenvalue weighted by molar-refractivity contribution is 0.306. The molecule has 25 heavy (non-hydrogen) atoms. The van der Waals surface area contributed by atoms with Gasteiger partial charge in [-0.05, 0) is 82.8 Å². The van der Waals surface area contributed by atoms with Gasteiger partial charge in [-0.25, -0.2) is 8.42 Å². The van der Waals surface area contributed by atoms with Gasteiger partial charge in [0.2, 0.25) is 0 Å². The highest BCUT2D eigenvalue weighted by Gasteiger charge is 2.33. The molecule has 0 amide bonds. The number of thiocarbonyl (C=S) groups is 1. The molecule has 1 saturated heterocycles. The van der Waals surface area contributed by atoms with E-state index in [0.717, 1.165) is 25.2 Å². The summed E-state index contributed by atoms with van der Waals surface area (Å²) in [6.07, 6.45) is 1.59. The van der Waals surface area contributed by atoms with Gasteiger partial charge in [0.15, 0.2) is 14.9 Å². The predicted octanol–water partition coefficient (Wildman–Crippen LogP) is 2.44. The Labute approximate surface area is 157 Å². The normalized spacial score (nSPS) is 19.2. The van der Waals surface area contributed by atoms with Gasteiger partial charge in [0.05, 0.1) is 11.5 Å². The fourth-order valence-electron chi connectivity index (χ4n) is 3.04. The van der Waals surface area contributed by atoms with Gasteiger partial charge in [0, 0.05) is 18.3 Å². The third-order valence-corrected chi connectivity index (χ3v) is 6.76. The monoisotopic (exact) mass is 383 g/mol. The van der Waals surface area contributed by atoms with E-state index < -0.39 is 9.84 Å². The van der Waals surface area contributed by atoms with Crippen molar-refractivity contribution >= 4 is 32.9 Å². The highest BCUT2D eigenvalue weighted by molar-refractivity contribution is 7.91. The van der Waals surface area contributed by atoms with E-state index in [-0.39, 0.29) is 17.5 Å². The van der Waals surface area contributed by atoms with E-state index in [9.17, 15) is 8.42 Å². The number of nitrogens with one attached hydrogen (secondary N) is 1. The lowest BCUT2D eigenvalue weighted by Crippen LogP contribution is -2.44. The van der Waals surface area contributed by atoms with Crippen LogP contribution in [-0.4, -0.2) is 68.1 Å². The number of aryl methyl sites for hydroxylation is 2. The van der Waals surface area contributed by atoms with E-state index in [2.05, 4.69) is 41.1 Å².